The SMILES string of the molecule is CCCCCCCCC[PH](CCCCCCCCC)(CCCCCCCCC)c1ccccc1. The number of rotatable bonds is 25. The topological polar surface area (TPSA) is 0 Å². The average Bonchev–Trinajstić information content (AvgIpc) is 2.87. The maximum absolute atomic E-state index is 2.52. The normalized spacial score (nSPS) is 12.3. The third-order valence-corrected chi connectivity index (χ3v) is 13.7. The van der Waals surface area contributed by atoms with Gasteiger partial charge >= 0.3 is 217 Å². The van der Waals surface area contributed by atoms with Crippen molar-refractivity contribution in [2.75, 3.05) is 18.5 Å². The Labute approximate surface area is 216 Å². The van der Waals surface area contributed by atoms with Crippen LogP contribution in [0.25, 0.3) is 0 Å². The minimum absolute atomic E-state index is 1.36. The molecule has 0 heterocycles. The van der Waals surface area contributed by atoms with Crippen LogP contribution in [0.3, 0.4) is 0 Å². The first kappa shape index (κ1) is 31.7. The van der Waals surface area contributed by atoms with Crippen molar-refractivity contribution in [2.24, 2.45) is 0 Å². The van der Waals surface area contributed by atoms with Crippen LogP contribution in [0, 0.1) is 0 Å². The Bertz CT molecular complexity index is 477. The molecule has 0 radical (unpaired) electrons. The Kier molecular flexibility index (Phi) is 21.5. The third kappa shape index (κ3) is 15.6. The molecule has 0 N–H and O–H groups in total. The van der Waals surface area contributed by atoms with Gasteiger partial charge in [-0.05, 0) is 0 Å². The zero-order chi connectivity index (χ0) is 24.6. The van der Waals surface area contributed by atoms with Gasteiger partial charge in [0.15, 0.2) is 0 Å². The molecule has 0 nitrogen and oxygen atoms in total. The van der Waals surface area contributed by atoms with Crippen molar-refractivity contribution in [2.45, 2.75) is 156 Å². The summed E-state index contributed by atoms with van der Waals surface area (Å²) in [6.45, 7) is 6.98. The molecule has 0 aliphatic rings. The van der Waals surface area contributed by atoms with Crippen molar-refractivity contribution in [3.8, 4) is 0 Å². The number of benzene rings is 1. The molecule has 0 fully saturated rings. The molecular formula is C33H63P. The summed E-state index contributed by atoms with van der Waals surface area (Å²) >= 11 is 0. The summed E-state index contributed by atoms with van der Waals surface area (Å²) < 4.78 is 0. The first-order valence-electron chi connectivity index (χ1n) is 15.8. The van der Waals surface area contributed by atoms with Gasteiger partial charge in [-0.1, -0.05) is 0 Å². The monoisotopic (exact) mass is 490 g/mol. The molecule has 0 saturated carbocycles. The molecule has 200 valence electrons. The van der Waals surface area contributed by atoms with Gasteiger partial charge in [0.25, 0.3) is 0 Å². The van der Waals surface area contributed by atoms with Gasteiger partial charge in [0, 0.05) is 0 Å². The minimum atomic E-state index is -1.40. The van der Waals surface area contributed by atoms with E-state index in [1.165, 1.54) is 135 Å². The van der Waals surface area contributed by atoms with E-state index in [1.54, 1.807) is 23.8 Å². The quantitative estimate of drug-likeness (QED) is 0.0944. The van der Waals surface area contributed by atoms with Crippen molar-refractivity contribution in [3.05, 3.63) is 30.3 Å². The Hall–Kier alpha value is -0.350. The molecule has 0 atom stereocenters. The molecule has 0 aliphatic heterocycles. The van der Waals surface area contributed by atoms with E-state index in [0.717, 1.165) is 0 Å². The molecular weight excluding hydrogens is 427 g/mol. The Morgan fingerprint density at radius 1 is 0.382 bits per heavy atom. The number of unbranched alkanes of at least 4 members (excludes halogenated alkanes) is 18. The second-order valence-electron chi connectivity index (χ2n) is 11.3. The average molecular weight is 491 g/mol. The fourth-order valence-corrected chi connectivity index (χ4v) is 11.2. The summed E-state index contributed by atoms with van der Waals surface area (Å²) in [5, 5.41) is 1.79. The van der Waals surface area contributed by atoms with Gasteiger partial charge in [-0.15, -0.1) is 0 Å². The Balaban J connectivity index is 2.66. The predicted octanol–water partition coefficient (Wildman–Crippen LogP) is 11.3. The molecule has 0 unspecified atom stereocenters. The zero-order valence-corrected chi connectivity index (χ0v) is 24.9. The van der Waals surface area contributed by atoms with E-state index in [9.17, 15) is 0 Å². The van der Waals surface area contributed by atoms with E-state index in [0.29, 0.717) is 0 Å². The maximum atomic E-state index is 2.52. The van der Waals surface area contributed by atoms with Crippen LogP contribution in [-0.2, 0) is 0 Å². The fourth-order valence-electron chi connectivity index (χ4n) is 5.86. The van der Waals surface area contributed by atoms with Gasteiger partial charge < -0.3 is 0 Å². The van der Waals surface area contributed by atoms with Crippen molar-refractivity contribution in [1.82, 2.24) is 0 Å². The summed E-state index contributed by atoms with van der Waals surface area (Å²) in [6, 6.07) is 11.9. The van der Waals surface area contributed by atoms with E-state index in [2.05, 4.69) is 51.1 Å². The third-order valence-electron chi connectivity index (χ3n) is 8.16. The van der Waals surface area contributed by atoms with Crippen molar-refractivity contribution >= 4 is 12.6 Å². The molecule has 0 saturated heterocycles. The van der Waals surface area contributed by atoms with Gasteiger partial charge in [-0.3, -0.25) is 0 Å². The summed E-state index contributed by atoms with van der Waals surface area (Å²) in [5.41, 5.74) is 0. The van der Waals surface area contributed by atoms with Crippen LogP contribution in [0.15, 0.2) is 30.3 Å². The summed E-state index contributed by atoms with van der Waals surface area (Å²) in [6.07, 6.45) is 35.0. The molecule has 1 aromatic rings. The number of hydrogen-bond donors (Lipinski definition) is 0. The zero-order valence-electron chi connectivity index (χ0n) is 23.9. The van der Waals surface area contributed by atoms with Gasteiger partial charge in [0.2, 0.25) is 0 Å². The van der Waals surface area contributed by atoms with E-state index >= 15 is 0 Å². The standard InChI is InChI=1S/C33H63P/c1-4-7-10-13-16-19-25-30-34(33-28-23-22-24-29-33,31-26-20-17-14-11-8-5-2)32-27-21-18-15-12-9-6-3/h22-24,28-29,34H,4-21,25-27,30-32H2,1-3H3. The molecule has 0 aliphatic carbocycles. The molecule has 1 heteroatoms. The van der Waals surface area contributed by atoms with Gasteiger partial charge in [0.1, 0.15) is 0 Å². The van der Waals surface area contributed by atoms with Crippen LogP contribution in [0.5, 0.6) is 0 Å². The van der Waals surface area contributed by atoms with E-state index in [4.69, 9.17) is 0 Å². The van der Waals surface area contributed by atoms with Gasteiger partial charge in [0.05, 0.1) is 0 Å². The Morgan fingerprint density at radius 3 is 1.00 bits per heavy atom. The van der Waals surface area contributed by atoms with E-state index < -0.39 is 7.26 Å². The van der Waals surface area contributed by atoms with Crippen molar-refractivity contribution in [1.29, 1.82) is 0 Å². The molecule has 0 bridgehead atoms. The molecule has 1 aromatic carbocycles. The molecule has 0 spiro atoms. The fraction of sp³-hybridized carbons (Fsp3) is 0.818. The van der Waals surface area contributed by atoms with Crippen LogP contribution in [0.4, 0.5) is 0 Å². The Morgan fingerprint density at radius 2 is 0.676 bits per heavy atom. The molecule has 34 heavy (non-hydrogen) atoms. The van der Waals surface area contributed by atoms with Crippen molar-refractivity contribution in [3.63, 3.8) is 0 Å². The first-order chi connectivity index (χ1) is 16.8. The summed E-state index contributed by atoms with van der Waals surface area (Å²) in [4.78, 5) is 0. The molecule has 0 amide bonds. The summed E-state index contributed by atoms with van der Waals surface area (Å²) in [5.74, 6) is 0. The second-order valence-corrected chi connectivity index (χ2v) is 15.9. The van der Waals surface area contributed by atoms with E-state index in [-0.39, 0.29) is 0 Å². The van der Waals surface area contributed by atoms with Crippen LogP contribution >= 0.6 is 7.26 Å². The molecule has 0 aromatic heterocycles. The van der Waals surface area contributed by atoms with Crippen molar-refractivity contribution < 1.29 is 0 Å². The van der Waals surface area contributed by atoms with Crippen LogP contribution in [0.1, 0.15) is 156 Å². The van der Waals surface area contributed by atoms with Crippen LogP contribution < -0.4 is 5.30 Å². The van der Waals surface area contributed by atoms with Gasteiger partial charge in [-0.2, -0.15) is 0 Å². The van der Waals surface area contributed by atoms with Gasteiger partial charge in [-0.25, -0.2) is 0 Å². The second kappa shape index (κ2) is 23.1. The summed E-state index contributed by atoms with van der Waals surface area (Å²) in [7, 11) is -1.40. The van der Waals surface area contributed by atoms with Crippen LogP contribution in [-0.4, -0.2) is 18.5 Å². The predicted molar refractivity (Wildman–Crippen MR) is 163 cm³/mol. The number of hydrogen-bond acceptors (Lipinski definition) is 0. The molecule has 1 rings (SSSR count). The van der Waals surface area contributed by atoms with Crippen LogP contribution in [0.2, 0.25) is 0 Å². The van der Waals surface area contributed by atoms with E-state index in [1.807, 2.05) is 0 Å². The first-order valence-corrected chi connectivity index (χ1v) is 18.5.